The van der Waals surface area contributed by atoms with Gasteiger partial charge in [0.2, 0.25) is 0 Å². The zero-order valence-corrected chi connectivity index (χ0v) is 18.4. The Kier molecular flexibility index (Phi) is 8.36. The Balaban J connectivity index is 0.00000272. The van der Waals surface area contributed by atoms with Gasteiger partial charge in [-0.1, -0.05) is 57.9 Å². The molecule has 0 fully saturated rings. The summed E-state index contributed by atoms with van der Waals surface area (Å²) in [5, 5.41) is 9.52. The van der Waals surface area contributed by atoms with Gasteiger partial charge in [0.25, 0.3) is 0 Å². The van der Waals surface area contributed by atoms with Gasteiger partial charge in [0.15, 0.2) is 5.69 Å². The van der Waals surface area contributed by atoms with Crippen molar-refractivity contribution in [3.63, 3.8) is 0 Å². The van der Waals surface area contributed by atoms with E-state index in [0.29, 0.717) is 12.3 Å². The average molecular weight is 509 g/mol. The van der Waals surface area contributed by atoms with Crippen LogP contribution in [0.25, 0.3) is 11.1 Å². The molecule has 0 saturated carbocycles. The van der Waals surface area contributed by atoms with Crippen molar-refractivity contribution >= 4 is 74.2 Å². The van der Waals surface area contributed by atoms with Crippen molar-refractivity contribution in [1.82, 2.24) is 4.98 Å². The topological polar surface area (TPSA) is 59.4 Å². The van der Waals surface area contributed by atoms with Crippen LogP contribution in [0.15, 0.2) is 65.1 Å². The number of carbonyl (C=O) groups is 1. The van der Waals surface area contributed by atoms with Crippen LogP contribution in [0.2, 0.25) is 5.02 Å². The van der Waals surface area contributed by atoms with E-state index in [-0.39, 0.29) is 40.3 Å². The molecule has 1 aliphatic carbocycles. The number of allylic oxidation sites excluding steroid dienone is 2. The molecule has 2 aromatic carbocycles. The van der Waals surface area contributed by atoms with Crippen LogP contribution in [-0.4, -0.2) is 45.6 Å². The van der Waals surface area contributed by atoms with Crippen LogP contribution < -0.4 is 4.74 Å². The number of aromatic nitrogens is 1. The van der Waals surface area contributed by atoms with Gasteiger partial charge in [-0.25, -0.2) is 9.78 Å². The number of carboxylic acid groups (broad SMARTS) is 1. The number of hydrogen-bond donors (Lipinski definition) is 1. The van der Waals surface area contributed by atoms with Gasteiger partial charge in [0, 0.05) is 10.0 Å². The summed E-state index contributed by atoms with van der Waals surface area (Å²) in [5.74, 6) is -0.333. The molecule has 4 nitrogen and oxygen atoms in total. The minimum absolute atomic E-state index is 0. The summed E-state index contributed by atoms with van der Waals surface area (Å²) in [6.45, 7) is 0.473. The molecule has 0 unspecified atom stereocenters. The van der Waals surface area contributed by atoms with Crippen LogP contribution in [0.5, 0.6) is 5.75 Å². The van der Waals surface area contributed by atoms with Crippen LogP contribution in [0, 0.1) is 0 Å². The van der Waals surface area contributed by atoms with Crippen molar-refractivity contribution in [2.24, 2.45) is 0 Å². The zero-order chi connectivity index (χ0) is 21.1. The van der Waals surface area contributed by atoms with Crippen LogP contribution in [0.3, 0.4) is 0 Å². The van der Waals surface area contributed by atoms with Crippen LogP contribution >= 0.6 is 27.5 Å². The van der Waals surface area contributed by atoms with Crippen molar-refractivity contribution in [3.05, 3.63) is 92.7 Å². The number of carboxylic acids is 1. The molecular weight excluding hydrogens is 489 g/mol. The molecule has 3 aromatic rings. The molecule has 1 N–H and O–H groups in total. The molecule has 0 amide bonds. The van der Waals surface area contributed by atoms with Gasteiger partial charge >= 0.3 is 35.5 Å². The Morgan fingerprint density at radius 3 is 2.55 bits per heavy atom. The first kappa shape index (κ1) is 24.0. The van der Waals surface area contributed by atoms with E-state index >= 15 is 0 Å². The summed E-state index contributed by atoms with van der Waals surface area (Å²) in [4.78, 5) is 15.8. The van der Waals surface area contributed by atoms with Crippen molar-refractivity contribution in [2.75, 3.05) is 0 Å². The van der Waals surface area contributed by atoms with Gasteiger partial charge in [0.05, 0.1) is 10.7 Å². The number of hydrogen-bond acceptors (Lipinski definition) is 3. The van der Waals surface area contributed by atoms with E-state index in [2.05, 4.69) is 27.0 Å². The number of ether oxygens (including phenoxy) is 1. The SMILES string of the molecule is O=C(O)c1nc(C2=C(c3cc(Br)ccc3OCc3ccccc3)CCC2)ccc1Cl.[NaH]. The fourth-order valence-corrected chi connectivity index (χ4v) is 4.23. The quantitative estimate of drug-likeness (QED) is 0.402. The average Bonchev–Trinajstić information content (AvgIpc) is 3.23. The summed E-state index contributed by atoms with van der Waals surface area (Å²) in [7, 11) is 0. The molecular formula is C24H20BrClNNaO3. The first-order valence-electron chi connectivity index (χ1n) is 9.62. The van der Waals surface area contributed by atoms with E-state index < -0.39 is 5.97 Å². The molecule has 31 heavy (non-hydrogen) atoms. The number of nitrogens with zero attached hydrogens (tertiary/aromatic N) is 1. The third-order valence-electron chi connectivity index (χ3n) is 5.08. The third-order valence-corrected chi connectivity index (χ3v) is 5.88. The molecule has 0 saturated heterocycles. The van der Waals surface area contributed by atoms with Crippen molar-refractivity contribution in [2.45, 2.75) is 25.9 Å². The van der Waals surface area contributed by atoms with Crippen molar-refractivity contribution in [3.8, 4) is 5.75 Å². The monoisotopic (exact) mass is 507 g/mol. The zero-order valence-electron chi connectivity index (χ0n) is 16.1. The van der Waals surface area contributed by atoms with Crippen molar-refractivity contribution in [1.29, 1.82) is 0 Å². The van der Waals surface area contributed by atoms with Gasteiger partial charge in [-0.3, -0.25) is 0 Å². The third kappa shape index (κ3) is 5.60. The standard InChI is InChI=1S/C24H19BrClNO3.Na.H/c25-16-9-12-22(30-14-15-5-2-1-3-6-15)19(13-16)17-7-4-8-18(17)21-11-10-20(26)23(27-21)24(28)29;;/h1-3,5-6,9-13H,4,7-8,14H2,(H,28,29);;. The van der Waals surface area contributed by atoms with Crippen molar-refractivity contribution < 1.29 is 14.6 Å². The van der Waals surface area contributed by atoms with E-state index in [0.717, 1.165) is 51.8 Å². The number of halogens is 2. The van der Waals surface area contributed by atoms with E-state index in [4.69, 9.17) is 16.3 Å². The van der Waals surface area contributed by atoms with Gasteiger partial charge in [-0.05, 0) is 66.3 Å². The maximum atomic E-state index is 11.5. The second kappa shape index (κ2) is 10.8. The normalized spacial score (nSPS) is 13.1. The van der Waals surface area contributed by atoms with Crippen LogP contribution in [0.1, 0.15) is 46.6 Å². The summed E-state index contributed by atoms with van der Waals surface area (Å²) in [6.07, 6.45) is 2.68. The van der Waals surface area contributed by atoms with Crippen LogP contribution in [-0.2, 0) is 6.61 Å². The maximum absolute atomic E-state index is 11.5. The first-order valence-corrected chi connectivity index (χ1v) is 10.8. The second-order valence-electron chi connectivity index (χ2n) is 7.06. The number of rotatable bonds is 6. The Hall–Kier alpha value is -1.63. The predicted octanol–water partition coefficient (Wildman–Crippen LogP) is 6.22. The molecule has 0 aliphatic heterocycles. The Morgan fingerprint density at radius 2 is 1.81 bits per heavy atom. The first-order chi connectivity index (χ1) is 14.5. The van der Waals surface area contributed by atoms with E-state index in [1.165, 1.54) is 0 Å². The fourth-order valence-electron chi connectivity index (χ4n) is 3.68. The Bertz CT molecular complexity index is 1130. The van der Waals surface area contributed by atoms with Gasteiger partial charge in [-0.15, -0.1) is 0 Å². The molecule has 1 aromatic heterocycles. The van der Waals surface area contributed by atoms with Gasteiger partial charge in [0.1, 0.15) is 12.4 Å². The van der Waals surface area contributed by atoms with Crippen LogP contribution in [0.4, 0.5) is 0 Å². The van der Waals surface area contributed by atoms with E-state index in [1.54, 1.807) is 12.1 Å². The Morgan fingerprint density at radius 1 is 1.06 bits per heavy atom. The number of pyridine rings is 1. The summed E-state index contributed by atoms with van der Waals surface area (Å²) >= 11 is 9.58. The molecule has 0 bridgehead atoms. The summed E-state index contributed by atoms with van der Waals surface area (Å²) < 4.78 is 7.12. The van der Waals surface area contributed by atoms with Gasteiger partial charge < -0.3 is 9.84 Å². The molecule has 154 valence electrons. The Labute approximate surface area is 216 Å². The molecule has 4 rings (SSSR count). The fraction of sp³-hybridized carbons (Fsp3) is 0.167. The molecule has 0 atom stereocenters. The predicted molar refractivity (Wildman–Crippen MR) is 129 cm³/mol. The second-order valence-corrected chi connectivity index (χ2v) is 8.38. The van der Waals surface area contributed by atoms with Gasteiger partial charge in [-0.2, -0.15) is 0 Å². The molecule has 0 radical (unpaired) electrons. The summed E-state index contributed by atoms with van der Waals surface area (Å²) in [6, 6.07) is 19.4. The molecule has 1 heterocycles. The number of benzene rings is 2. The summed E-state index contributed by atoms with van der Waals surface area (Å²) in [5.41, 5.74) is 4.79. The van der Waals surface area contributed by atoms with E-state index in [1.807, 2.05) is 42.5 Å². The molecule has 1 aliphatic rings. The molecule has 0 spiro atoms. The number of aromatic carboxylic acids is 1. The van der Waals surface area contributed by atoms with E-state index in [9.17, 15) is 9.90 Å². The minimum atomic E-state index is -1.13. The molecule has 7 heteroatoms.